The van der Waals surface area contributed by atoms with Crippen LogP contribution in [-0.2, 0) is 14.3 Å². The zero-order valence-corrected chi connectivity index (χ0v) is 16.2. The summed E-state index contributed by atoms with van der Waals surface area (Å²) in [7, 11) is 0. The normalized spacial score (nSPS) is 17.1. The summed E-state index contributed by atoms with van der Waals surface area (Å²) in [5.74, 6) is -0.336. The second-order valence-electron chi connectivity index (χ2n) is 6.21. The van der Waals surface area contributed by atoms with E-state index in [1.54, 1.807) is 19.9 Å². The number of esters is 1. The molecule has 6 nitrogen and oxygen atoms in total. The molecule has 1 aromatic carbocycles. The SMILES string of the molecule is CC[C@@H](C)Oc1ccc(/C=C2/SC(=O)N(CC(=O)OC(C)C)C2=O)cc1. The molecule has 0 aliphatic carbocycles. The molecular weight excluding hydrogens is 354 g/mol. The van der Waals surface area contributed by atoms with Gasteiger partial charge in [0, 0.05) is 0 Å². The summed E-state index contributed by atoms with van der Waals surface area (Å²) >= 11 is 0.815. The fourth-order valence-corrected chi connectivity index (χ4v) is 3.01. The predicted octanol–water partition coefficient (Wildman–Crippen LogP) is 3.85. The van der Waals surface area contributed by atoms with Crippen LogP contribution in [0, 0.1) is 0 Å². The van der Waals surface area contributed by atoms with E-state index < -0.39 is 17.1 Å². The third kappa shape index (κ3) is 5.36. The lowest BCUT2D eigenvalue weighted by Gasteiger charge is -2.13. The molecule has 0 radical (unpaired) electrons. The van der Waals surface area contributed by atoms with Gasteiger partial charge in [-0.3, -0.25) is 19.3 Å². The van der Waals surface area contributed by atoms with Crippen LogP contribution in [0.15, 0.2) is 29.2 Å². The fourth-order valence-electron chi connectivity index (χ4n) is 2.18. The number of carbonyl (C=O) groups is 3. The van der Waals surface area contributed by atoms with Crippen molar-refractivity contribution in [2.45, 2.75) is 46.3 Å². The third-order valence-corrected chi connectivity index (χ3v) is 4.53. The largest absolute Gasteiger partial charge is 0.491 e. The molecule has 1 aliphatic rings. The Kier molecular flexibility index (Phi) is 6.85. The van der Waals surface area contributed by atoms with Crippen molar-refractivity contribution in [3.05, 3.63) is 34.7 Å². The van der Waals surface area contributed by atoms with Gasteiger partial charge < -0.3 is 9.47 Å². The molecule has 0 bridgehead atoms. The molecule has 0 spiro atoms. The summed E-state index contributed by atoms with van der Waals surface area (Å²) in [6.45, 7) is 7.09. The summed E-state index contributed by atoms with van der Waals surface area (Å²) in [6, 6.07) is 7.28. The molecule has 1 saturated heterocycles. The molecule has 0 aromatic heterocycles. The molecule has 0 N–H and O–H groups in total. The van der Waals surface area contributed by atoms with Crippen LogP contribution in [0.5, 0.6) is 5.75 Å². The smallest absolute Gasteiger partial charge is 0.326 e. The third-order valence-electron chi connectivity index (χ3n) is 3.62. The van der Waals surface area contributed by atoms with Crippen LogP contribution in [-0.4, -0.2) is 40.8 Å². The first-order valence-corrected chi connectivity index (χ1v) is 9.33. The van der Waals surface area contributed by atoms with Gasteiger partial charge in [0.05, 0.1) is 17.1 Å². The van der Waals surface area contributed by atoms with E-state index in [1.807, 2.05) is 38.1 Å². The molecule has 1 aromatic rings. The van der Waals surface area contributed by atoms with Gasteiger partial charge in [0.25, 0.3) is 11.1 Å². The van der Waals surface area contributed by atoms with Crippen molar-refractivity contribution in [2.75, 3.05) is 6.54 Å². The number of benzene rings is 1. The maximum Gasteiger partial charge on any atom is 0.326 e. The highest BCUT2D eigenvalue weighted by atomic mass is 32.2. The van der Waals surface area contributed by atoms with Crippen LogP contribution in [0.1, 0.15) is 39.7 Å². The molecule has 26 heavy (non-hydrogen) atoms. The van der Waals surface area contributed by atoms with E-state index in [4.69, 9.17) is 9.47 Å². The first-order valence-electron chi connectivity index (χ1n) is 8.51. The number of ether oxygens (including phenoxy) is 2. The van der Waals surface area contributed by atoms with E-state index in [2.05, 4.69) is 0 Å². The van der Waals surface area contributed by atoms with Gasteiger partial charge >= 0.3 is 5.97 Å². The Morgan fingerprint density at radius 3 is 2.42 bits per heavy atom. The summed E-state index contributed by atoms with van der Waals surface area (Å²) in [4.78, 5) is 37.3. The standard InChI is InChI=1S/C19H23NO5S/c1-5-13(4)25-15-8-6-14(7-9-15)10-16-18(22)20(19(23)26-16)11-17(21)24-12(2)3/h6-10,12-13H,5,11H2,1-4H3/b16-10+/t13-/m1/s1. The second kappa shape index (κ2) is 8.89. The maximum atomic E-state index is 12.4. The van der Waals surface area contributed by atoms with Crippen LogP contribution in [0.25, 0.3) is 6.08 Å². The van der Waals surface area contributed by atoms with Crippen molar-refractivity contribution < 1.29 is 23.9 Å². The topological polar surface area (TPSA) is 72.9 Å². The van der Waals surface area contributed by atoms with Crippen LogP contribution in [0.3, 0.4) is 0 Å². The van der Waals surface area contributed by atoms with Gasteiger partial charge in [0.15, 0.2) is 0 Å². The van der Waals surface area contributed by atoms with Crippen molar-refractivity contribution in [1.29, 1.82) is 0 Å². The highest BCUT2D eigenvalue weighted by Gasteiger charge is 2.36. The number of amides is 2. The van der Waals surface area contributed by atoms with Crippen molar-refractivity contribution in [1.82, 2.24) is 4.90 Å². The Balaban J connectivity index is 2.06. The number of imide groups is 1. The second-order valence-corrected chi connectivity index (χ2v) is 7.21. The van der Waals surface area contributed by atoms with Crippen molar-refractivity contribution >= 4 is 35.0 Å². The van der Waals surface area contributed by atoms with Crippen molar-refractivity contribution in [3.8, 4) is 5.75 Å². The molecule has 2 rings (SSSR count). The number of thioether (sulfide) groups is 1. The lowest BCUT2D eigenvalue weighted by molar-refractivity contribution is -0.149. The Morgan fingerprint density at radius 1 is 1.19 bits per heavy atom. The summed E-state index contributed by atoms with van der Waals surface area (Å²) in [5.41, 5.74) is 0.775. The zero-order valence-electron chi connectivity index (χ0n) is 15.4. The number of carbonyl (C=O) groups excluding carboxylic acids is 3. The number of rotatable bonds is 7. The summed E-state index contributed by atoms with van der Waals surface area (Å²) in [6.07, 6.45) is 2.37. The molecule has 140 valence electrons. The fraction of sp³-hybridized carbons (Fsp3) is 0.421. The maximum absolute atomic E-state index is 12.4. The van der Waals surface area contributed by atoms with Gasteiger partial charge in [-0.2, -0.15) is 0 Å². The monoisotopic (exact) mass is 377 g/mol. The van der Waals surface area contributed by atoms with Gasteiger partial charge in [-0.15, -0.1) is 0 Å². The van der Waals surface area contributed by atoms with Crippen molar-refractivity contribution in [2.24, 2.45) is 0 Å². The van der Waals surface area contributed by atoms with E-state index in [0.717, 1.165) is 34.4 Å². The van der Waals surface area contributed by atoms with Crippen molar-refractivity contribution in [3.63, 3.8) is 0 Å². The minimum atomic E-state index is -0.602. The molecule has 1 aliphatic heterocycles. The number of nitrogens with zero attached hydrogens (tertiary/aromatic N) is 1. The van der Waals surface area contributed by atoms with Crippen LogP contribution in [0.4, 0.5) is 4.79 Å². The Bertz CT molecular complexity index is 711. The Labute approximate surface area is 157 Å². The Hall–Kier alpha value is -2.28. The highest BCUT2D eigenvalue weighted by Crippen LogP contribution is 2.32. The molecule has 0 saturated carbocycles. The predicted molar refractivity (Wildman–Crippen MR) is 101 cm³/mol. The van der Waals surface area contributed by atoms with E-state index in [1.165, 1.54) is 0 Å². The Morgan fingerprint density at radius 2 is 1.85 bits per heavy atom. The molecule has 1 fully saturated rings. The molecule has 1 atom stereocenters. The lowest BCUT2D eigenvalue weighted by atomic mass is 10.2. The zero-order chi connectivity index (χ0) is 19.3. The molecule has 7 heteroatoms. The van der Waals surface area contributed by atoms with Crippen LogP contribution in [0.2, 0.25) is 0 Å². The lowest BCUT2D eigenvalue weighted by Crippen LogP contribution is -2.35. The van der Waals surface area contributed by atoms with Gasteiger partial charge in [-0.05, 0) is 62.7 Å². The number of hydrogen-bond donors (Lipinski definition) is 0. The van der Waals surface area contributed by atoms with Crippen LogP contribution < -0.4 is 4.74 Å². The molecule has 1 heterocycles. The van der Waals surface area contributed by atoms with Crippen LogP contribution >= 0.6 is 11.8 Å². The van der Waals surface area contributed by atoms with E-state index in [-0.39, 0.29) is 23.7 Å². The first-order chi connectivity index (χ1) is 12.3. The number of hydrogen-bond acceptors (Lipinski definition) is 6. The minimum absolute atomic E-state index is 0.128. The average Bonchev–Trinajstić information content (AvgIpc) is 2.83. The van der Waals surface area contributed by atoms with Gasteiger partial charge in [-0.1, -0.05) is 19.1 Å². The van der Waals surface area contributed by atoms with Gasteiger partial charge in [-0.25, -0.2) is 0 Å². The highest BCUT2D eigenvalue weighted by molar-refractivity contribution is 8.18. The summed E-state index contributed by atoms with van der Waals surface area (Å²) in [5, 5.41) is -0.473. The van der Waals surface area contributed by atoms with E-state index >= 15 is 0 Å². The first kappa shape index (κ1) is 20.0. The average molecular weight is 377 g/mol. The summed E-state index contributed by atoms with van der Waals surface area (Å²) < 4.78 is 10.7. The van der Waals surface area contributed by atoms with E-state index in [9.17, 15) is 14.4 Å². The molecule has 0 unspecified atom stereocenters. The van der Waals surface area contributed by atoms with Gasteiger partial charge in [0.1, 0.15) is 12.3 Å². The van der Waals surface area contributed by atoms with Gasteiger partial charge in [0.2, 0.25) is 0 Å². The minimum Gasteiger partial charge on any atom is -0.491 e. The quantitative estimate of drug-likeness (QED) is 0.531. The molecular formula is C19H23NO5S. The molecule has 2 amide bonds. The van der Waals surface area contributed by atoms with E-state index in [0.29, 0.717) is 0 Å².